The molecule has 128 valence electrons. The predicted molar refractivity (Wildman–Crippen MR) is 90.1 cm³/mol. The Morgan fingerprint density at radius 2 is 0.913 bits per heavy atom. The summed E-state index contributed by atoms with van der Waals surface area (Å²) in [6, 6.07) is 0. The molecule has 0 aromatic heterocycles. The Balaban J connectivity index is 0.00000132. The molecule has 23 heavy (non-hydrogen) atoms. The summed E-state index contributed by atoms with van der Waals surface area (Å²) < 4.78 is 7.12. The summed E-state index contributed by atoms with van der Waals surface area (Å²) in [6.07, 6.45) is 0. The minimum atomic E-state index is -2.37. The van der Waals surface area contributed by atoms with Crippen LogP contribution in [0.2, 0.25) is 8.35 Å². The van der Waals surface area contributed by atoms with Crippen molar-refractivity contribution in [2.75, 3.05) is 0 Å². The summed E-state index contributed by atoms with van der Waals surface area (Å²) in [5.41, 5.74) is 9.89. The van der Waals surface area contributed by atoms with Crippen molar-refractivity contribution in [1.82, 2.24) is 0 Å². The maximum absolute atomic E-state index is 2.48. The van der Waals surface area contributed by atoms with Gasteiger partial charge in [0.25, 0.3) is 0 Å². The summed E-state index contributed by atoms with van der Waals surface area (Å²) in [4.78, 5) is 0. The quantitative estimate of drug-likeness (QED) is 0.467. The van der Waals surface area contributed by atoms with E-state index in [4.69, 9.17) is 0 Å². The first-order valence-corrected chi connectivity index (χ1v) is 17.2. The fourth-order valence-corrected chi connectivity index (χ4v) is 32.3. The van der Waals surface area contributed by atoms with Crippen LogP contribution in [0.25, 0.3) is 0 Å². The van der Waals surface area contributed by atoms with Crippen molar-refractivity contribution < 1.29 is 44.8 Å². The first-order chi connectivity index (χ1) is 9.74. The topological polar surface area (TPSA) is 0 Å². The monoisotopic (exact) mass is 520 g/mol. The van der Waals surface area contributed by atoms with Crippen LogP contribution in [-0.2, 0) is 20.0 Å². The van der Waals surface area contributed by atoms with Crippen LogP contribution < -0.4 is 24.8 Å². The Bertz CT molecular complexity index is 603. The van der Waals surface area contributed by atoms with Crippen LogP contribution in [0, 0.1) is 11.8 Å². The van der Waals surface area contributed by atoms with Gasteiger partial charge < -0.3 is 24.8 Å². The van der Waals surface area contributed by atoms with Crippen molar-refractivity contribution in [3.63, 3.8) is 0 Å². The second-order valence-corrected chi connectivity index (χ2v) is 23.0. The van der Waals surface area contributed by atoms with E-state index in [1.54, 1.807) is 41.8 Å². The largest absolute Gasteiger partial charge is 1.00 e. The molecule has 0 N–H and O–H groups in total. The van der Waals surface area contributed by atoms with Gasteiger partial charge in [-0.15, -0.1) is 0 Å². The van der Waals surface area contributed by atoms with Gasteiger partial charge in [0.1, 0.15) is 0 Å². The molecule has 2 unspecified atom stereocenters. The van der Waals surface area contributed by atoms with E-state index < -0.39 is 20.0 Å². The molecule has 3 rings (SSSR count). The van der Waals surface area contributed by atoms with Crippen LogP contribution in [0.4, 0.5) is 0 Å². The van der Waals surface area contributed by atoms with E-state index in [1.165, 1.54) is 0 Å². The molecule has 1 fully saturated rings. The molecule has 1 saturated heterocycles. The average molecular weight is 520 g/mol. The summed E-state index contributed by atoms with van der Waals surface area (Å²) in [6.45, 7) is 19.2. The second kappa shape index (κ2) is 6.96. The smallest absolute Gasteiger partial charge is 1.00 e. The van der Waals surface area contributed by atoms with E-state index in [0.717, 1.165) is 11.8 Å². The second-order valence-electron chi connectivity index (χ2n) is 7.72. The number of halogens is 2. The van der Waals surface area contributed by atoms with Crippen LogP contribution in [0.3, 0.4) is 0 Å². The Hall–Kier alpha value is 0.410. The van der Waals surface area contributed by atoms with E-state index in [-0.39, 0.29) is 24.8 Å². The van der Waals surface area contributed by atoms with Crippen LogP contribution in [0.1, 0.15) is 55.4 Å². The zero-order valence-corrected chi connectivity index (χ0v) is 20.9. The molecule has 1 heterocycles. The van der Waals surface area contributed by atoms with Gasteiger partial charge in [-0.1, -0.05) is 0 Å². The molecule has 2 atom stereocenters. The predicted octanol–water partition coefficient (Wildman–Crippen LogP) is 0.519. The molecule has 1 aliphatic heterocycles. The fraction of sp³-hybridized carbons (Fsp3) is 0.600. The van der Waals surface area contributed by atoms with Crippen LogP contribution in [0.5, 0.6) is 0 Å². The molecule has 0 aromatic carbocycles. The first kappa shape index (κ1) is 21.5. The molecular formula is C20H30Cl2Hf. The molecule has 0 saturated carbocycles. The molecule has 0 spiro atoms. The number of hydrogen-bond acceptors (Lipinski definition) is 0. The molecule has 0 amide bonds. The van der Waals surface area contributed by atoms with Crippen molar-refractivity contribution in [2.24, 2.45) is 11.8 Å². The van der Waals surface area contributed by atoms with E-state index in [0.29, 0.717) is 0 Å². The average Bonchev–Trinajstić information content (AvgIpc) is 3.16. The zero-order chi connectivity index (χ0) is 15.7. The summed E-state index contributed by atoms with van der Waals surface area (Å²) in [5, 5.41) is 0. The SMILES string of the molecule is CC1=C(C)C(C)[C]([Hf+2]2([C]3=C(C)C(C)=C(C)C3C)[CH2][CH2]2)=C1C.[Cl-].[Cl-]. The molecular weight excluding hydrogens is 490 g/mol. The van der Waals surface area contributed by atoms with E-state index in [2.05, 4.69) is 55.4 Å². The van der Waals surface area contributed by atoms with Crippen LogP contribution in [0.15, 0.2) is 40.1 Å². The molecule has 0 aromatic rings. The van der Waals surface area contributed by atoms with Crippen LogP contribution in [-0.4, -0.2) is 0 Å². The maximum atomic E-state index is 2.48. The number of allylic oxidation sites excluding steroid dienone is 8. The van der Waals surface area contributed by atoms with Crippen LogP contribution >= 0.6 is 0 Å². The van der Waals surface area contributed by atoms with Gasteiger partial charge in [-0.05, 0) is 0 Å². The van der Waals surface area contributed by atoms with Gasteiger partial charge in [-0.2, -0.15) is 0 Å². The Labute approximate surface area is 159 Å². The molecule has 3 heteroatoms. The maximum Gasteiger partial charge on any atom is -1.00 e. The Morgan fingerprint density at radius 3 is 1.09 bits per heavy atom. The number of rotatable bonds is 2. The standard InChI is InChI=1S/2C9H13.C2H4.2ClH.Hf/c2*1-6-5-7(2)9(4)8(6)3;1-2;;;/h2*6H,1-4H3;1-2H2;2*1H;/q;;;;;+2/p-2. The van der Waals surface area contributed by atoms with Gasteiger partial charge in [0.15, 0.2) is 0 Å². The van der Waals surface area contributed by atoms with Crippen molar-refractivity contribution >= 4 is 0 Å². The fourth-order valence-electron chi connectivity index (χ4n) is 5.08. The van der Waals surface area contributed by atoms with E-state index >= 15 is 0 Å². The molecule has 0 nitrogen and oxygen atoms in total. The molecule has 3 aliphatic rings. The Kier molecular flexibility index (Phi) is 6.49. The van der Waals surface area contributed by atoms with Gasteiger partial charge in [0.2, 0.25) is 0 Å². The molecule has 0 bridgehead atoms. The summed E-state index contributed by atoms with van der Waals surface area (Å²) >= 11 is -2.37. The third kappa shape index (κ3) is 2.83. The van der Waals surface area contributed by atoms with Crippen molar-refractivity contribution in [2.45, 2.75) is 63.7 Å². The molecule has 0 radical (unpaired) electrons. The minimum absolute atomic E-state index is 0. The third-order valence-corrected chi connectivity index (χ3v) is 25.7. The first-order valence-electron chi connectivity index (χ1n) is 8.52. The van der Waals surface area contributed by atoms with Gasteiger partial charge in [-0.25, -0.2) is 0 Å². The van der Waals surface area contributed by atoms with Gasteiger partial charge in [-0.3, -0.25) is 0 Å². The van der Waals surface area contributed by atoms with E-state index in [1.807, 2.05) is 6.66 Å². The van der Waals surface area contributed by atoms with E-state index in [9.17, 15) is 0 Å². The van der Waals surface area contributed by atoms with Gasteiger partial charge in [0.05, 0.1) is 0 Å². The number of hydrogen-bond donors (Lipinski definition) is 0. The normalized spacial score (nSPS) is 27.8. The van der Waals surface area contributed by atoms with Crippen molar-refractivity contribution in [1.29, 1.82) is 0 Å². The van der Waals surface area contributed by atoms with Gasteiger partial charge >= 0.3 is 136 Å². The van der Waals surface area contributed by atoms with Gasteiger partial charge in [0, 0.05) is 0 Å². The Morgan fingerprint density at radius 1 is 0.609 bits per heavy atom. The molecule has 2 aliphatic carbocycles. The summed E-state index contributed by atoms with van der Waals surface area (Å²) in [7, 11) is 0. The minimum Gasteiger partial charge on any atom is -1.00 e. The summed E-state index contributed by atoms with van der Waals surface area (Å²) in [5.74, 6) is 1.48. The van der Waals surface area contributed by atoms with Crippen molar-refractivity contribution in [3.8, 4) is 0 Å². The third-order valence-electron chi connectivity index (χ3n) is 7.06. The van der Waals surface area contributed by atoms with Crippen molar-refractivity contribution in [3.05, 3.63) is 40.1 Å². The zero-order valence-electron chi connectivity index (χ0n) is 15.8.